The molecule has 0 atom stereocenters. The van der Waals surface area contributed by atoms with Crippen molar-refractivity contribution in [2.24, 2.45) is 0 Å². The Kier molecular flexibility index (Phi) is 9.41. The van der Waals surface area contributed by atoms with Crippen LogP contribution in [-0.4, -0.2) is 15.0 Å². The lowest BCUT2D eigenvalue weighted by Crippen LogP contribution is -1.93. The number of rotatable bonds is 6. The van der Waals surface area contributed by atoms with Gasteiger partial charge >= 0.3 is 0 Å². The fourth-order valence-electron chi connectivity index (χ4n) is 7.84. The van der Waals surface area contributed by atoms with Crippen LogP contribution in [0.2, 0.25) is 0 Å². The summed E-state index contributed by atoms with van der Waals surface area (Å²) in [5.41, 5.74) is 13.1. The number of hydrogen-bond acceptors (Lipinski definition) is 3. The Morgan fingerprint density at radius 1 is 0.456 bits per heavy atom. The van der Waals surface area contributed by atoms with Gasteiger partial charge in [-0.15, -0.1) is 0 Å². The molecule has 0 spiro atoms. The summed E-state index contributed by atoms with van der Waals surface area (Å²) in [6.07, 6.45) is 4.27. The highest BCUT2D eigenvalue weighted by Gasteiger charge is 2.13. The number of aryl methyl sites for hydroxylation is 1. The first-order valence-corrected chi connectivity index (χ1v) is 19.6. The molecule has 0 saturated heterocycles. The molecule has 0 fully saturated rings. The molecule has 57 heavy (non-hydrogen) atoms. The molecule has 10 rings (SSSR count). The van der Waals surface area contributed by atoms with E-state index >= 15 is 0 Å². The van der Waals surface area contributed by atoms with E-state index in [1.165, 1.54) is 21.5 Å². The maximum atomic E-state index is 5.26. The van der Waals surface area contributed by atoms with Crippen LogP contribution in [0.25, 0.3) is 99.7 Å². The van der Waals surface area contributed by atoms with Gasteiger partial charge in [0.1, 0.15) is 0 Å². The molecule has 0 amide bonds. The van der Waals surface area contributed by atoms with E-state index in [2.05, 4.69) is 196 Å². The minimum Gasteiger partial charge on any atom is -0.247 e. The van der Waals surface area contributed by atoms with Gasteiger partial charge in [-0.05, 0) is 75.0 Å². The number of pyridine rings is 3. The highest BCUT2D eigenvalue weighted by Crippen LogP contribution is 2.34. The molecule has 7 aromatic carbocycles. The van der Waals surface area contributed by atoms with Crippen LogP contribution in [0.4, 0.5) is 0 Å². The second-order valence-corrected chi connectivity index (χ2v) is 14.1. The van der Waals surface area contributed by atoms with Crippen LogP contribution in [0.15, 0.2) is 183 Å². The first-order valence-electron chi connectivity index (χ1n) is 19.6. The molecule has 0 saturated carbocycles. The topological polar surface area (TPSA) is 38.7 Å². The molecule has 0 unspecified atom stereocenters. The maximum Gasteiger partial charge on any atom is 0.0972 e. The number of allylic oxidation sites excluding steroid dienone is 2. The molecule has 0 radical (unpaired) electrons. The van der Waals surface area contributed by atoms with Gasteiger partial charge in [0.25, 0.3) is 0 Å². The van der Waals surface area contributed by atoms with Crippen molar-refractivity contribution in [2.75, 3.05) is 0 Å². The van der Waals surface area contributed by atoms with E-state index in [1.54, 1.807) is 0 Å². The zero-order chi connectivity index (χ0) is 38.9. The van der Waals surface area contributed by atoms with E-state index in [4.69, 9.17) is 15.0 Å². The Morgan fingerprint density at radius 2 is 0.947 bits per heavy atom. The first-order chi connectivity index (χ1) is 28.1. The summed E-state index contributed by atoms with van der Waals surface area (Å²) in [6, 6.07) is 59.6. The number of fused-ring (bicyclic) bond motifs is 6. The number of hydrogen-bond donors (Lipinski definition) is 0. The fourth-order valence-corrected chi connectivity index (χ4v) is 7.84. The zero-order valence-corrected chi connectivity index (χ0v) is 32.4. The van der Waals surface area contributed by atoms with Gasteiger partial charge in [0, 0.05) is 32.8 Å². The van der Waals surface area contributed by atoms with Crippen molar-refractivity contribution in [1.29, 1.82) is 0 Å². The second kappa shape index (κ2) is 15.1. The van der Waals surface area contributed by atoms with E-state index in [9.17, 15) is 0 Å². The molecule has 272 valence electrons. The summed E-state index contributed by atoms with van der Waals surface area (Å²) in [4.78, 5) is 15.7. The van der Waals surface area contributed by atoms with E-state index in [-0.39, 0.29) is 0 Å². The van der Waals surface area contributed by atoms with Crippen molar-refractivity contribution < 1.29 is 0 Å². The monoisotopic (exact) mass is 731 g/mol. The number of nitrogens with zero attached hydrogens (tertiary/aromatic N) is 3. The lowest BCUT2D eigenvalue weighted by molar-refractivity contribution is 1.34. The minimum absolute atomic E-state index is 0.894. The van der Waals surface area contributed by atoms with Gasteiger partial charge in [-0.25, -0.2) is 15.0 Å². The molecule has 3 nitrogen and oxygen atoms in total. The Balaban J connectivity index is 0.00000208. The standard InChI is InChI=1S/C52H35N3.C2H6/c1-33(43-18-8-12-36-10-3-5-16-44(36)43)20-21-35-22-23-38-26-29-47(53-50(38)34(35)2)41-14-7-15-42(32-41)48-30-27-39-24-25-40-28-31-49(55-52(40)51(39)54-48)46-19-9-13-37-11-4-6-17-45(37)46;1-2/h3-32H,1H2,2H3;1-2H3/b21-20-;. The highest BCUT2D eigenvalue weighted by atomic mass is 14.8. The van der Waals surface area contributed by atoms with Crippen LogP contribution in [0.3, 0.4) is 0 Å². The molecule has 0 aliphatic carbocycles. The SMILES string of the molecule is C=C(/C=C\c1ccc2ccc(-c3cccc(-c4ccc5ccc6ccc(-c7cccc8ccccc78)nc6c5n4)c3)nc2c1C)c1cccc2ccccc12.CC. The predicted molar refractivity (Wildman–Crippen MR) is 244 cm³/mol. The molecule has 0 N–H and O–H groups in total. The van der Waals surface area contributed by atoms with Crippen LogP contribution in [0, 0.1) is 6.92 Å². The average molecular weight is 732 g/mol. The van der Waals surface area contributed by atoms with Gasteiger partial charge in [-0.3, -0.25) is 0 Å². The Labute approximate surface area is 333 Å². The zero-order valence-electron chi connectivity index (χ0n) is 32.4. The molecule has 10 aromatic rings. The predicted octanol–water partition coefficient (Wildman–Crippen LogP) is 14.7. The maximum absolute atomic E-state index is 5.26. The quantitative estimate of drug-likeness (QED) is 0.126. The third kappa shape index (κ3) is 6.64. The molecule has 3 heterocycles. The summed E-state index contributed by atoms with van der Waals surface area (Å²) in [5.74, 6) is 0. The number of benzene rings is 7. The number of aromatic nitrogens is 3. The molecule has 0 aliphatic rings. The van der Waals surface area contributed by atoms with Crippen LogP contribution < -0.4 is 0 Å². The Bertz CT molecular complexity index is 3180. The van der Waals surface area contributed by atoms with Crippen molar-refractivity contribution in [3.05, 3.63) is 199 Å². The van der Waals surface area contributed by atoms with Gasteiger partial charge in [0.05, 0.1) is 33.6 Å². The third-order valence-corrected chi connectivity index (χ3v) is 10.8. The van der Waals surface area contributed by atoms with Gasteiger partial charge in [0.2, 0.25) is 0 Å². The van der Waals surface area contributed by atoms with Gasteiger partial charge in [0.15, 0.2) is 0 Å². The Morgan fingerprint density at radius 3 is 1.65 bits per heavy atom. The second-order valence-electron chi connectivity index (χ2n) is 14.1. The smallest absolute Gasteiger partial charge is 0.0972 e. The fraction of sp³-hybridized carbons (Fsp3) is 0.0556. The molecule has 0 bridgehead atoms. The van der Waals surface area contributed by atoms with Gasteiger partial charge < -0.3 is 0 Å². The Hall–Kier alpha value is -7.23. The van der Waals surface area contributed by atoms with Crippen LogP contribution >= 0.6 is 0 Å². The highest BCUT2D eigenvalue weighted by molar-refractivity contribution is 6.05. The third-order valence-electron chi connectivity index (χ3n) is 10.8. The lowest BCUT2D eigenvalue weighted by atomic mass is 9.97. The summed E-state index contributed by atoms with van der Waals surface area (Å²) < 4.78 is 0. The minimum atomic E-state index is 0.894. The van der Waals surface area contributed by atoms with Crippen LogP contribution in [-0.2, 0) is 0 Å². The van der Waals surface area contributed by atoms with Crippen molar-refractivity contribution in [3.63, 3.8) is 0 Å². The van der Waals surface area contributed by atoms with Crippen molar-refractivity contribution in [3.8, 4) is 33.8 Å². The van der Waals surface area contributed by atoms with E-state index in [0.29, 0.717) is 0 Å². The first kappa shape index (κ1) is 35.5. The van der Waals surface area contributed by atoms with Crippen LogP contribution in [0.5, 0.6) is 0 Å². The molecular weight excluding hydrogens is 691 g/mol. The largest absolute Gasteiger partial charge is 0.247 e. The van der Waals surface area contributed by atoms with Crippen molar-refractivity contribution >= 4 is 65.9 Å². The molecular formula is C54H41N3. The van der Waals surface area contributed by atoms with Gasteiger partial charge in [-0.2, -0.15) is 0 Å². The summed E-state index contributed by atoms with van der Waals surface area (Å²) in [6.45, 7) is 10.6. The average Bonchev–Trinajstić information content (AvgIpc) is 3.28. The van der Waals surface area contributed by atoms with Crippen LogP contribution in [0.1, 0.15) is 30.5 Å². The van der Waals surface area contributed by atoms with Crippen molar-refractivity contribution in [1.82, 2.24) is 15.0 Å². The normalized spacial score (nSPS) is 11.4. The summed E-state index contributed by atoms with van der Waals surface area (Å²) >= 11 is 0. The summed E-state index contributed by atoms with van der Waals surface area (Å²) in [7, 11) is 0. The lowest BCUT2D eigenvalue weighted by Gasteiger charge is -2.11. The van der Waals surface area contributed by atoms with E-state index in [0.717, 1.165) is 88.7 Å². The van der Waals surface area contributed by atoms with Gasteiger partial charge in [-0.1, -0.05) is 178 Å². The summed E-state index contributed by atoms with van der Waals surface area (Å²) in [5, 5.41) is 8.05. The molecule has 0 aliphatic heterocycles. The van der Waals surface area contributed by atoms with E-state index < -0.39 is 0 Å². The molecule has 3 heteroatoms. The van der Waals surface area contributed by atoms with E-state index in [1.807, 2.05) is 13.8 Å². The molecule has 3 aromatic heterocycles. The van der Waals surface area contributed by atoms with Crippen molar-refractivity contribution in [2.45, 2.75) is 20.8 Å².